The molecule has 0 saturated carbocycles. The van der Waals surface area contributed by atoms with Crippen molar-refractivity contribution in [1.29, 1.82) is 0 Å². The highest BCUT2D eigenvalue weighted by molar-refractivity contribution is 7.97. The van der Waals surface area contributed by atoms with E-state index in [0.717, 1.165) is 11.3 Å². The molecule has 0 bridgehead atoms. The lowest BCUT2D eigenvalue weighted by Gasteiger charge is -2.18. The summed E-state index contributed by atoms with van der Waals surface area (Å²) in [6.07, 6.45) is 0. The average Bonchev–Trinajstić information content (AvgIpc) is 2.94. The topological polar surface area (TPSA) is 89.5 Å². The molecule has 0 radical (unpaired) electrons. The molecule has 6 nitrogen and oxygen atoms in total. The van der Waals surface area contributed by atoms with Gasteiger partial charge in [-0.2, -0.15) is 0 Å². The van der Waals surface area contributed by atoms with Gasteiger partial charge in [-0.3, -0.25) is 0 Å². The van der Waals surface area contributed by atoms with Crippen molar-refractivity contribution in [3.05, 3.63) is 16.5 Å². The van der Waals surface area contributed by atoms with Gasteiger partial charge in [0, 0.05) is 19.7 Å². The molecule has 120 valence electrons. The Balaban J connectivity index is 2.26. The number of rotatable bonds is 6. The smallest absolute Gasteiger partial charge is 0.193 e. The number of hydrogen-bond donors (Lipinski definition) is 1. The lowest BCUT2D eigenvalue weighted by atomic mass is 10.2. The van der Waals surface area contributed by atoms with Gasteiger partial charge < -0.3 is 10.1 Å². The van der Waals surface area contributed by atoms with Gasteiger partial charge in [-0.05, 0) is 12.1 Å². The highest BCUT2D eigenvalue weighted by Gasteiger charge is 2.46. The van der Waals surface area contributed by atoms with Crippen LogP contribution in [-0.4, -0.2) is 59.9 Å². The van der Waals surface area contributed by atoms with Crippen molar-refractivity contribution >= 4 is 42.6 Å². The Hall–Kier alpha value is -0.190. The Morgan fingerprint density at radius 2 is 2.14 bits per heavy atom. The van der Waals surface area contributed by atoms with E-state index in [-0.39, 0.29) is 15.7 Å². The van der Waals surface area contributed by atoms with Crippen LogP contribution in [0.5, 0.6) is 0 Å². The van der Waals surface area contributed by atoms with Crippen LogP contribution in [0.4, 0.5) is 0 Å². The molecule has 1 aliphatic rings. The second kappa shape index (κ2) is 6.51. The van der Waals surface area contributed by atoms with Crippen LogP contribution in [0.15, 0.2) is 16.3 Å². The maximum atomic E-state index is 12.6. The van der Waals surface area contributed by atoms with Gasteiger partial charge in [0.2, 0.25) is 0 Å². The number of sulfone groups is 2. The Morgan fingerprint density at radius 3 is 2.71 bits per heavy atom. The number of thiophene rings is 1. The van der Waals surface area contributed by atoms with E-state index in [1.54, 1.807) is 0 Å². The largest absolute Gasteiger partial charge is 0.383 e. The molecular formula is C11H16ClNO5S3. The maximum absolute atomic E-state index is 12.6. The minimum Gasteiger partial charge on any atom is -0.383 e. The van der Waals surface area contributed by atoms with Crippen molar-refractivity contribution in [2.24, 2.45) is 0 Å². The number of methoxy groups -OCH3 is 1. The van der Waals surface area contributed by atoms with Crippen molar-refractivity contribution < 1.29 is 21.6 Å². The minimum atomic E-state index is -3.72. The fourth-order valence-electron chi connectivity index (χ4n) is 2.26. The van der Waals surface area contributed by atoms with E-state index < -0.39 is 31.0 Å². The third-order valence-corrected chi connectivity index (χ3v) is 9.15. The van der Waals surface area contributed by atoms with Gasteiger partial charge in [-0.25, -0.2) is 16.8 Å². The van der Waals surface area contributed by atoms with Crippen LogP contribution in [0.3, 0.4) is 0 Å². The molecule has 2 atom stereocenters. The molecule has 0 spiro atoms. The van der Waals surface area contributed by atoms with Crippen LogP contribution in [0.2, 0.25) is 4.34 Å². The summed E-state index contributed by atoms with van der Waals surface area (Å²) < 4.78 is 54.2. The number of nitrogens with one attached hydrogen (secondary N) is 1. The normalized spacial score (nSPS) is 25.2. The van der Waals surface area contributed by atoms with Crippen molar-refractivity contribution in [3.8, 4) is 0 Å². The Bertz CT molecular complexity index is 697. The Labute approximate surface area is 133 Å². The molecule has 1 saturated heterocycles. The quantitative estimate of drug-likeness (QED) is 0.733. The predicted octanol–water partition coefficient (Wildman–Crippen LogP) is 0.577. The lowest BCUT2D eigenvalue weighted by Crippen LogP contribution is -2.44. The molecule has 1 N–H and O–H groups in total. The van der Waals surface area contributed by atoms with Crippen molar-refractivity contribution in [1.82, 2.24) is 5.32 Å². The average molecular weight is 374 g/mol. The van der Waals surface area contributed by atoms with Gasteiger partial charge >= 0.3 is 0 Å². The first-order valence-corrected chi connectivity index (χ1v) is 10.7. The van der Waals surface area contributed by atoms with Crippen molar-refractivity contribution in [2.75, 3.05) is 31.8 Å². The second-order valence-electron chi connectivity index (χ2n) is 4.77. The standard InChI is InChI=1S/C11H16ClNO5S3/c1-18-5-4-13-8-6-20(14,15)7-9(8)21(16,17)11-3-2-10(12)19-11/h2-3,8-9,13H,4-7H2,1H3/t8-,9-/m0/s1. The number of hydrogen-bond acceptors (Lipinski definition) is 7. The molecule has 2 rings (SSSR count). The lowest BCUT2D eigenvalue weighted by molar-refractivity contribution is 0.196. The van der Waals surface area contributed by atoms with Crippen LogP contribution in [-0.2, 0) is 24.4 Å². The van der Waals surface area contributed by atoms with E-state index in [2.05, 4.69) is 5.32 Å². The van der Waals surface area contributed by atoms with E-state index in [9.17, 15) is 16.8 Å². The maximum Gasteiger partial charge on any atom is 0.193 e. The predicted molar refractivity (Wildman–Crippen MR) is 82.6 cm³/mol. The summed E-state index contributed by atoms with van der Waals surface area (Å²) in [5, 5.41) is 1.97. The monoisotopic (exact) mass is 373 g/mol. The van der Waals surface area contributed by atoms with Gasteiger partial charge in [0.05, 0.1) is 27.7 Å². The van der Waals surface area contributed by atoms with Gasteiger partial charge in [-0.15, -0.1) is 11.3 Å². The minimum absolute atomic E-state index is 0.105. The fraction of sp³-hybridized carbons (Fsp3) is 0.636. The molecule has 0 aliphatic carbocycles. The first-order valence-electron chi connectivity index (χ1n) is 6.18. The van der Waals surface area contributed by atoms with Gasteiger partial charge in [0.25, 0.3) is 0 Å². The van der Waals surface area contributed by atoms with Crippen molar-refractivity contribution in [3.63, 3.8) is 0 Å². The summed E-state index contributed by atoms with van der Waals surface area (Å²) in [4.78, 5) is 0. The van der Waals surface area contributed by atoms with Crippen LogP contribution >= 0.6 is 22.9 Å². The third-order valence-electron chi connectivity index (χ3n) is 3.24. The molecule has 2 heterocycles. The molecular weight excluding hydrogens is 358 g/mol. The Morgan fingerprint density at radius 1 is 1.43 bits per heavy atom. The highest BCUT2D eigenvalue weighted by atomic mass is 35.5. The van der Waals surface area contributed by atoms with Crippen molar-refractivity contribution in [2.45, 2.75) is 15.5 Å². The molecule has 21 heavy (non-hydrogen) atoms. The van der Waals surface area contributed by atoms with Crippen LogP contribution < -0.4 is 5.32 Å². The molecule has 1 aromatic rings. The first kappa shape index (κ1) is 17.2. The number of halogens is 1. The zero-order valence-corrected chi connectivity index (χ0v) is 14.5. The SMILES string of the molecule is COCCN[C@H]1CS(=O)(=O)C[C@@H]1S(=O)(=O)c1ccc(Cl)s1. The molecule has 0 aromatic carbocycles. The van der Waals surface area contributed by atoms with Crippen LogP contribution in [0.1, 0.15) is 0 Å². The summed E-state index contributed by atoms with van der Waals surface area (Å²) in [6.45, 7) is 0.780. The summed E-state index contributed by atoms with van der Waals surface area (Å²) >= 11 is 6.71. The molecule has 0 amide bonds. The second-order valence-corrected chi connectivity index (χ2v) is 11.0. The molecule has 1 aromatic heterocycles. The summed E-state index contributed by atoms with van der Waals surface area (Å²) in [5.74, 6) is -0.546. The summed E-state index contributed by atoms with van der Waals surface area (Å²) in [6, 6.07) is 2.28. The van der Waals surface area contributed by atoms with E-state index >= 15 is 0 Å². The van der Waals surface area contributed by atoms with E-state index in [4.69, 9.17) is 16.3 Å². The first-order chi connectivity index (χ1) is 9.76. The van der Waals surface area contributed by atoms with E-state index in [0.29, 0.717) is 17.5 Å². The Kier molecular flexibility index (Phi) is 5.32. The van der Waals surface area contributed by atoms with Crippen LogP contribution in [0, 0.1) is 0 Å². The third kappa shape index (κ3) is 3.96. The van der Waals surface area contributed by atoms with Gasteiger partial charge in [-0.1, -0.05) is 11.6 Å². The zero-order valence-electron chi connectivity index (χ0n) is 11.3. The van der Waals surface area contributed by atoms with Gasteiger partial charge in [0.15, 0.2) is 19.7 Å². The fourth-order valence-corrected chi connectivity index (χ4v) is 8.68. The molecule has 0 unspecified atom stereocenters. The molecule has 1 fully saturated rings. The zero-order chi connectivity index (χ0) is 15.7. The van der Waals surface area contributed by atoms with Crippen LogP contribution in [0.25, 0.3) is 0 Å². The number of ether oxygens (including phenoxy) is 1. The molecule has 10 heteroatoms. The molecule has 1 aliphatic heterocycles. The van der Waals surface area contributed by atoms with E-state index in [1.807, 2.05) is 0 Å². The van der Waals surface area contributed by atoms with E-state index in [1.165, 1.54) is 19.2 Å². The summed E-state index contributed by atoms with van der Waals surface area (Å²) in [5.41, 5.74) is 0. The van der Waals surface area contributed by atoms with Gasteiger partial charge in [0.1, 0.15) is 4.21 Å². The highest BCUT2D eigenvalue weighted by Crippen LogP contribution is 2.32. The summed E-state index contributed by atoms with van der Waals surface area (Å²) in [7, 11) is -5.58.